The molecule has 1 aliphatic heterocycles. The molecule has 0 amide bonds. The van der Waals surface area contributed by atoms with Crippen molar-refractivity contribution in [3.8, 4) is 23.3 Å². The highest BCUT2D eigenvalue weighted by molar-refractivity contribution is 5.40. The Kier molecular flexibility index (Phi) is 9.13. The molecule has 13 heteroatoms. The Hall–Kier alpha value is -3.37. The second-order valence-electron chi connectivity index (χ2n) is 9.61. The Morgan fingerprint density at radius 1 is 0.805 bits per heavy atom. The van der Waals surface area contributed by atoms with Crippen LogP contribution in [0.5, 0.6) is 11.5 Å². The smallest absolute Gasteiger partial charge is 0.429 e. The van der Waals surface area contributed by atoms with Gasteiger partial charge in [0.05, 0.1) is 13.2 Å². The quantitative estimate of drug-likeness (QED) is 0.196. The molecule has 4 rings (SSSR count). The fraction of sp³-hybridized carbons (Fsp3) is 0.429. The molecule has 1 saturated heterocycles. The molecule has 0 aromatic heterocycles. The third kappa shape index (κ3) is 7.68. The van der Waals surface area contributed by atoms with Crippen molar-refractivity contribution in [3.05, 3.63) is 71.3 Å². The molecule has 2 fully saturated rings. The first-order valence-electron chi connectivity index (χ1n) is 12.4. The lowest BCUT2D eigenvalue weighted by Crippen LogP contribution is -2.37. The number of rotatable bonds is 6. The summed E-state index contributed by atoms with van der Waals surface area (Å²) in [5.74, 6) is -5.17. The van der Waals surface area contributed by atoms with Crippen LogP contribution >= 0.6 is 0 Å². The van der Waals surface area contributed by atoms with Crippen molar-refractivity contribution < 1.29 is 58.5 Å². The highest BCUT2D eigenvalue weighted by Crippen LogP contribution is 2.39. The molecule has 0 N–H and O–H groups in total. The monoisotopic (exact) mass is 594 g/mol. The lowest BCUT2D eigenvalue weighted by Gasteiger charge is -2.36. The maximum atomic E-state index is 14.6. The zero-order valence-corrected chi connectivity index (χ0v) is 21.2. The van der Waals surface area contributed by atoms with Crippen LogP contribution < -0.4 is 9.47 Å². The van der Waals surface area contributed by atoms with Crippen LogP contribution in [0, 0.1) is 52.9 Å². The second-order valence-corrected chi connectivity index (χ2v) is 9.61. The van der Waals surface area contributed by atoms with Crippen molar-refractivity contribution in [3.63, 3.8) is 0 Å². The van der Waals surface area contributed by atoms with Crippen molar-refractivity contribution in [1.29, 1.82) is 0 Å². The summed E-state index contributed by atoms with van der Waals surface area (Å²) < 4.78 is 142. The van der Waals surface area contributed by atoms with Crippen LogP contribution in [0.3, 0.4) is 0 Å². The summed E-state index contributed by atoms with van der Waals surface area (Å²) in [5.41, 5.74) is -2.12. The number of halogens is 9. The van der Waals surface area contributed by atoms with Gasteiger partial charge in [0.15, 0.2) is 17.9 Å². The van der Waals surface area contributed by atoms with Gasteiger partial charge in [-0.2, -0.15) is 8.78 Å². The maximum Gasteiger partial charge on any atom is 0.573 e. The normalized spacial score (nSPS) is 23.3. The van der Waals surface area contributed by atoms with Crippen LogP contribution in [0.2, 0.25) is 0 Å². The molecule has 2 aromatic rings. The molecule has 0 atom stereocenters. The van der Waals surface area contributed by atoms with E-state index in [-0.39, 0.29) is 41.7 Å². The molecular formula is C28H23F9O4. The van der Waals surface area contributed by atoms with Gasteiger partial charge < -0.3 is 18.9 Å². The Balaban J connectivity index is 1.41. The van der Waals surface area contributed by atoms with Crippen molar-refractivity contribution in [2.75, 3.05) is 13.2 Å². The Labute approximate surface area is 229 Å². The first-order chi connectivity index (χ1) is 19.3. The molecule has 0 bridgehead atoms. The standard InChI is InChI=1S/C28H23F9O4/c1-2-15-13-38-26(39-14-15)18-7-5-16(6-8-18)3-4-17-9-20(29)24(21(30)10-17)27(33,34)40-19-11-22(31)25(23(32)12-19)41-28(35,36)37/h2,9-12,15-16,18,26H,1,5-8,13-14H2. The predicted octanol–water partition coefficient (Wildman–Crippen LogP) is 7.60. The minimum atomic E-state index is -5.47. The third-order valence-electron chi connectivity index (χ3n) is 6.63. The van der Waals surface area contributed by atoms with E-state index in [0.717, 1.165) is 12.8 Å². The average molecular weight is 594 g/mol. The van der Waals surface area contributed by atoms with E-state index in [0.29, 0.717) is 38.2 Å². The summed E-state index contributed by atoms with van der Waals surface area (Å²) in [6, 6.07) is 1.00. The van der Waals surface area contributed by atoms with Gasteiger partial charge in [-0.3, -0.25) is 0 Å². The van der Waals surface area contributed by atoms with Gasteiger partial charge in [0.2, 0.25) is 5.75 Å². The van der Waals surface area contributed by atoms with E-state index in [2.05, 4.69) is 27.9 Å². The molecule has 0 unspecified atom stereocenters. The van der Waals surface area contributed by atoms with E-state index < -0.39 is 52.8 Å². The van der Waals surface area contributed by atoms with Crippen molar-refractivity contribution in [1.82, 2.24) is 0 Å². The molecule has 41 heavy (non-hydrogen) atoms. The lowest BCUT2D eigenvalue weighted by molar-refractivity contribution is -0.276. The van der Waals surface area contributed by atoms with Gasteiger partial charge in [-0.05, 0) is 37.8 Å². The van der Waals surface area contributed by atoms with E-state index >= 15 is 0 Å². The Morgan fingerprint density at radius 3 is 1.88 bits per heavy atom. The van der Waals surface area contributed by atoms with Crippen LogP contribution in [-0.4, -0.2) is 25.9 Å². The SMILES string of the molecule is C=CC1COC(C2CCC(C#Cc3cc(F)c(C(F)(F)Oc4cc(F)c(OC(F)(F)F)c(F)c4)c(F)c3)CC2)OC1. The average Bonchev–Trinajstić information content (AvgIpc) is 2.88. The summed E-state index contributed by atoms with van der Waals surface area (Å²) in [4.78, 5) is 0. The van der Waals surface area contributed by atoms with E-state index in [1.54, 1.807) is 6.08 Å². The van der Waals surface area contributed by atoms with E-state index in [1.165, 1.54) is 0 Å². The predicted molar refractivity (Wildman–Crippen MR) is 126 cm³/mol. The van der Waals surface area contributed by atoms with Gasteiger partial charge in [0.25, 0.3) is 0 Å². The molecular weight excluding hydrogens is 571 g/mol. The Morgan fingerprint density at radius 2 is 1.37 bits per heavy atom. The minimum absolute atomic E-state index is 0.0486. The zero-order valence-electron chi connectivity index (χ0n) is 21.2. The molecule has 0 spiro atoms. The van der Waals surface area contributed by atoms with E-state index in [1.807, 2.05) is 0 Å². The number of hydrogen-bond acceptors (Lipinski definition) is 4. The van der Waals surface area contributed by atoms with Crippen molar-refractivity contribution >= 4 is 0 Å². The van der Waals surface area contributed by atoms with Gasteiger partial charge in [-0.15, -0.1) is 19.8 Å². The molecule has 2 aromatic carbocycles. The van der Waals surface area contributed by atoms with Crippen molar-refractivity contribution in [2.45, 2.75) is 44.4 Å². The van der Waals surface area contributed by atoms with Crippen molar-refractivity contribution in [2.24, 2.45) is 17.8 Å². The largest absolute Gasteiger partial charge is 0.573 e. The van der Waals surface area contributed by atoms with Crippen LogP contribution in [0.4, 0.5) is 39.5 Å². The topological polar surface area (TPSA) is 36.9 Å². The minimum Gasteiger partial charge on any atom is -0.429 e. The molecule has 1 aliphatic carbocycles. The van der Waals surface area contributed by atoms with Gasteiger partial charge >= 0.3 is 12.5 Å². The van der Waals surface area contributed by atoms with Gasteiger partial charge in [0, 0.05) is 35.4 Å². The summed E-state index contributed by atoms with van der Waals surface area (Å²) in [6.45, 7) is 4.78. The van der Waals surface area contributed by atoms with Crippen LogP contribution in [0.25, 0.3) is 0 Å². The molecule has 222 valence electrons. The molecule has 1 saturated carbocycles. The lowest BCUT2D eigenvalue weighted by atomic mass is 9.81. The number of alkyl halides is 5. The zero-order chi connectivity index (χ0) is 29.9. The summed E-state index contributed by atoms with van der Waals surface area (Å²) >= 11 is 0. The maximum absolute atomic E-state index is 14.6. The summed E-state index contributed by atoms with van der Waals surface area (Å²) in [6.07, 6.45) is -5.99. The second kappa shape index (κ2) is 12.2. The van der Waals surface area contributed by atoms with E-state index in [4.69, 9.17) is 9.47 Å². The fourth-order valence-electron chi connectivity index (χ4n) is 4.59. The summed E-state index contributed by atoms with van der Waals surface area (Å²) in [5, 5.41) is 0. The van der Waals surface area contributed by atoms with Crippen LogP contribution in [0.15, 0.2) is 36.9 Å². The molecule has 1 heterocycles. The molecule has 0 radical (unpaired) electrons. The molecule has 4 nitrogen and oxygen atoms in total. The first kappa shape index (κ1) is 30.6. The number of ether oxygens (including phenoxy) is 4. The van der Waals surface area contributed by atoms with Gasteiger partial charge in [-0.25, -0.2) is 17.6 Å². The fourth-order valence-corrected chi connectivity index (χ4v) is 4.59. The van der Waals surface area contributed by atoms with Crippen LogP contribution in [-0.2, 0) is 15.6 Å². The molecule has 2 aliphatic rings. The number of benzene rings is 2. The van der Waals surface area contributed by atoms with Crippen LogP contribution in [0.1, 0.15) is 36.8 Å². The van der Waals surface area contributed by atoms with Gasteiger partial charge in [0.1, 0.15) is 22.9 Å². The first-order valence-corrected chi connectivity index (χ1v) is 12.4. The van der Waals surface area contributed by atoms with E-state index in [9.17, 15) is 39.5 Å². The number of hydrogen-bond donors (Lipinski definition) is 0. The third-order valence-corrected chi connectivity index (χ3v) is 6.63. The summed E-state index contributed by atoms with van der Waals surface area (Å²) in [7, 11) is 0. The Bertz CT molecular complexity index is 1270. The highest BCUT2D eigenvalue weighted by atomic mass is 19.4. The highest BCUT2D eigenvalue weighted by Gasteiger charge is 2.42. The van der Waals surface area contributed by atoms with Gasteiger partial charge in [-0.1, -0.05) is 17.9 Å².